The van der Waals surface area contributed by atoms with Crippen molar-refractivity contribution < 1.29 is 23.4 Å². The third-order valence-corrected chi connectivity index (χ3v) is 11.4. The Balaban J connectivity index is 3.25. The van der Waals surface area contributed by atoms with Gasteiger partial charge in [0.2, 0.25) is 0 Å². The third kappa shape index (κ3) is 7.14. The zero-order chi connectivity index (χ0) is 25.6. The van der Waals surface area contributed by atoms with Crippen LogP contribution in [0.1, 0.15) is 46.6 Å². The maximum absolute atomic E-state index is 6.86. The molecule has 1 aromatic rings. The average molecular weight is 482 g/mol. The summed E-state index contributed by atoms with van der Waals surface area (Å²) in [5.41, 5.74) is 7.67. The van der Waals surface area contributed by atoms with E-state index < -0.39 is 8.32 Å². The van der Waals surface area contributed by atoms with Gasteiger partial charge in [-0.3, -0.25) is 0 Å². The van der Waals surface area contributed by atoms with E-state index in [1.807, 2.05) is 6.08 Å². The first-order valence-corrected chi connectivity index (χ1v) is 14.6. The summed E-state index contributed by atoms with van der Waals surface area (Å²) in [6, 6.07) is 1.73. The fourth-order valence-electron chi connectivity index (χ4n) is 3.87. The van der Waals surface area contributed by atoms with Crippen LogP contribution in [0, 0.1) is 11.8 Å². The molecule has 0 fully saturated rings. The second-order valence-electron chi connectivity index (χ2n) is 10.5. The van der Waals surface area contributed by atoms with Gasteiger partial charge in [-0.15, -0.1) is 6.58 Å². The molecular formula is C26H47NO5Si. The molecule has 0 aliphatic rings. The molecule has 0 aromatic heterocycles. The molecule has 0 saturated carbocycles. The average Bonchev–Trinajstić information content (AvgIpc) is 2.74. The van der Waals surface area contributed by atoms with Crippen molar-refractivity contribution in [3.05, 3.63) is 24.3 Å². The van der Waals surface area contributed by atoms with Crippen molar-refractivity contribution in [2.24, 2.45) is 11.8 Å². The summed E-state index contributed by atoms with van der Waals surface area (Å²) in [6.45, 7) is 19.7. The molecule has 190 valence electrons. The molecule has 0 unspecified atom stereocenters. The van der Waals surface area contributed by atoms with Gasteiger partial charge in [-0.25, -0.2) is 0 Å². The van der Waals surface area contributed by atoms with E-state index in [4.69, 9.17) is 29.1 Å². The number of hydrogen-bond acceptors (Lipinski definition) is 6. The maximum atomic E-state index is 6.86. The molecule has 33 heavy (non-hydrogen) atoms. The van der Waals surface area contributed by atoms with Crippen molar-refractivity contribution in [1.82, 2.24) is 0 Å². The highest BCUT2D eigenvalue weighted by Crippen LogP contribution is 2.44. The summed E-state index contributed by atoms with van der Waals surface area (Å²) in [5.74, 6) is 2.28. The molecule has 4 atom stereocenters. The SMILES string of the molecule is C=C[C@H](C)[C@@H](O[Si](C)(C)C(C)(C)C)[C@H](C[C@H](C)Cc1c(OC)c(N)cc(OC)c1OC)OC. The van der Waals surface area contributed by atoms with Gasteiger partial charge in [0.15, 0.2) is 19.8 Å². The fourth-order valence-corrected chi connectivity index (χ4v) is 5.27. The first kappa shape index (κ1) is 29.3. The minimum Gasteiger partial charge on any atom is -0.494 e. The summed E-state index contributed by atoms with van der Waals surface area (Å²) in [5, 5.41) is 0.106. The van der Waals surface area contributed by atoms with E-state index in [1.165, 1.54) is 0 Å². The molecule has 6 nitrogen and oxygen atoms in total. The predicted molar refractivity (Wildman–Crippen MR) is 140 cm³/mol. The van der Waals surface area contributed by atoms with Crippen LogP contribution in [0.15, 0.2) is 18.7 Å². The Morgan fingerprint density at radius 3 is 2.03 bits per heavy atom. The molecule has 0 aliphatic heterocycles. The number of hydrogen-bond donors (Lipinski definition) is 1. The van der Waals surface area contributed by atoms with Gasteiger partial charge in [0.25, 0.3) is 0 Å². The van der Waals surface area contributed by atoms with E-state index in [1.54, 1.807) is 34.5 Å². The largest absolute Gasteiger partial charge is 0.494 e. The summed E-state index contributed by atoms with van der Waals surface area (Å²) >= 11 is 0. The minimum absolute atomic E-state index is 0.0741. The van der Waals surface area contributed by atoms with Crippen molar-refractivity contribution >= 4 is 14.0 Å². The van der Waals surface area contributed by atoms with Crippen LogP contribution in [0.5, 0.6) is 17.2 Å². The van der Waals surface area contributed by atoms with Crippen LogP contribution in [-0.2, 0) is 15.6 Å². The first-order chi connectivity index (χ1) is 15.3. The number of benzene rings is 1. The van der Waals surface area contributed by atoms with Crippen LogP contribution in [0.25, 0.3) is 0 Å². The van der Waals surface area contributed by atoms with Gasteiger partial charge in [0, 0.05) is 24.7 Å². The monoisotopic (exact) mass is 481 g/mol. The summed E-state index contributed by atoms with van der Waals surface area (Å²) < 4.78 is 29.7. The van der Waals surface area contributed by atoms with E-state index in [0.717, 1.165) is 12.0 Å². The molecule has 2 N–H and O–H groups in total. The Kier molecular flexibility index (Phi) is 10.8. The maximum Gasteiger partial charge on any atom is 0.192 e. The van der Waals surface area contributed by atoms with Crippen molar-refractivity contribution in [3.8, 4) is 17.2 Å². The number of methoxy groups -OCH3 is 4. The number of ether oxygens (including phenoxy) is 4. The van der Waals surface area contributed by atoms with E-state index in [2.05, 4.69) is 54.3 Å². The number of nitrogens with two attached hydrogens (primary N) is 1. The van der Waals surface area contributed by atoms with Crippen molar-refractivity contribution in [2.75, 3.05) is 34.2 Å². The number of anilines is 1. The van der Waals surface area contributed by atoms with Crippen LogP contribution < -0.4 is 19.9 Å². The van der Waals surface area contributed by atoms with Gasteiger partial charge in [-0.05, 0) is 36.9 Å². The molecule has 0 bridgehead atoms. The molecule has 0 aliphatic carbocycles. The van der Waals surface area contributed by atoms with Crippen LogP contribution >= 0.6 is 0 Å². The Morgan fingerprint density at radius 1 is 1.03 bits per heavy atom. The zero-order valence-corrected chi connectivity index (χ0v) is 23.7. The molecule has 0 spiro atoms. The van der Waals surface area contributed by atoms with E-state index in [9.17, 15) is 0 Å². The molecule has 0 saturated heterocycles. The molecular weight excluding hydrogens is 434 g/mol. The molecule has 1 aromatic carbocycles. The van der Waals surface area contributed by atoms with Gasteiger partial charge in [-0.2, -0.15) is 0 Å². The van der Waals surface area contributed by atoms with E-state index in [0.29, 0.717) is 29.4 Å². The van der Waals surface area contributed by atoms with Crippen LogP contribution in [0.3, 0.4) is 0 Å². The lowest BCUT2D eigenvalue weighted by Gasteiger charge is -2.43. The Morgan fingerprint density at radius 2 is 1.61 bits per heavy atom. The lowest BCUT2D eigenvalue weighted by Crippen LogP contribution is -2.49. The highest BCUT2D eigenvalue weighted by Gasteiger charge is 2.42. The number of nitrogen functional groups attached to an aromatic ring is 1. The van der Waals surface area contributed by atoms with Gasteiger partial charge in [0.05, 0.1) is 39.2 Å². The zero-order valence-electron chi connectivity index (χ0n) is 22.7. The van der Waals surface area contributed by atoms with Gasteiger partial charge in [0.1, 0.15) is 5.75 Å². The fraction of sp³-hybridized carbons (Fsp3) is 0.692. The lowest BCUT2D eigenvalue weighted by atomic mass is 9.89. The second kappa shape index (κ2) is 12.1. The highest BCUT2D eigenvalue weighted by molar-refractivity contribution is 6.74. The van der Waals surface area contributed by atoms with Crippen molar-refractivity contribution in [1.29, 1.82) is 0 Å². The Labute approximate surface area is 202 Å². The first-order valence-electron chi connectivity index (χ1n) is 11.7. The third-order valence-electron chi connectivity index (χ3n) is 6.93. The van der Waals surface area contributed by atoms with Gasteiger partial charge >= 0.3 is 0 Å². The van der Waals surface area contributed by atoms with Crippen LogP contribution in [0.2, 0.25) is 18.1 Å². The molecule has 0 heterocycles. The Bertz CT molecular complexity index is 775. The summed E-state index contributed by atoms with van der Waals surface area (Å²) in [4.78, 5) is 0. The normalized spacial score (nSPS) is 16.0. The Hall–Kier alpha value is -1.70. The van der Waals surface area contributed by atoms with Crippen LogP contribution in [-0.4, -0.2) is 49.0 Å². The van der Waals surface area contributed by atoms with E-state index >= 15 is 0 Å². The smallest absolute Gasteiger partial charge is 0.192 e. The molecule has 0 radical (unpaired) electrons. The van der Waals surface area contributed by atoms with Crippen molar-refractivity contribution in [3.63, 3.8) is 0 Å². The van der Waals surface area contributed by atoms with E-state index in [-0.39, 0.29) is 29.1 Å². The van der Waals surface area contributed by atoms with Crippen LogP contribution in [0.4, 0.5) is 5.69 Å². The summed E-state index contributed by atoms with van der Waals surface area (Å²) in [6.07, 6.45) is 3.31. The highest BCUT2D eigenvalue weighted by atomic mass is 28.4. The van der Waals surface area contributed by atoms with Crippen molar-refractivity contribution in [2.45, 2.75) is 77.8 Å². The molecule has 0 amide bonds. The predicted octanol–water partition coefficient (Wildman–Crippen LogP) is 6.09. The summed E-state index contributed by atoms with van der Waals surface area (Å²) in [7, 11) is 4.63. The minimum atomic E-state index is -2.00. The molecule has 1 rings (SSSR count). The quantitative estimate of drug-likeness (QED) is 0.209. The standard InChI is InChI=1S/C26H47NO5Si/c1-13-18(3)23(32-33(11,12)26(4,5)6)21(28-7)15-17(2)14-19-24(30-9)20(27)16-22(29-8)25(19)31-10/h13,16-18,21,23H,1,14-15,27H2,2-12H3/t17-,18+,21+,23-/m1/s1. The van der Waals surface area contributed by atoms with Gasteiger partial charge in [-0.1, -0.05) is 40.7 Å². The topological polar surface area (TPSA) is 72.2 Å². The number of rotatable bonds is 13. The van der Waals surface area contributed by atoms with Gasteiger partial charge < -0.3 is 29.1 Å². The molecule has 7 heteroatoms. The lowest BCUT2D eigenvalue weighted by molar-refractivity contribution is -0.0323. The second-order valence-corrected chi connectivity index (χ2v) is 15.2.